The molecule has 1 saturated carbocycles. The number of hydrogen-bond donors (Lipinski definition) is 1. The third kappa shape index (κ3) is 3.74. The number of benzene rings is 1. The van der Waals surface area contributed by atoms with Crippen molar-refractivity contribution in [3.8, 4) is 5.75 Å². The largest absolute Gasteiger partial charge is 0.491 e. The van der Waals surface area contributed by atoms with Gasteiger partial charge in [-0.25, -0.2) is 0 Å². The maximum absolute atomic E-state index is 10.2. The first-order valence-corrected chi connectivity index (χ1v) is 8.50. The van der Waals surface area contributed by atoms with Crippen LogP contribution in [0.4, 0.5) is 0 Å². The molecule has 22 heavy (non-hydrogen) atoms. The topological polar surface area (TPSA) is 41.9 Å². The molecule has 1 aliphatic carbocycles. The first-order valence-electron chi connectivity index (χ1n) is 8.13. The normalized spacial score (nSPS) is 29.6. The fourth-order valence-corrected chi connectivity index (χ4v) is 3.77. The van der Waals surface area contributed by atoms with E-state index in [-0.39, 0.29) is 6.10 Å². The summed E-state index contributed by atoms with van der Waals surface area (Å²) in [6, 6.07) is 7.85. The molecule has 1 N–H and O–H groups in total. The highest BCUT2D eigenvalue weighted by atomic mass is 35.5. The zero-order chi connectivity index (χ0) is 15.4. The monoisotopic (exact) mass is 325 g/mol. The molecule has 1 saturated heterocycles. The standard InChI is InChI=1S/C17H24ClNO3/c18-14-5-1-2-7-17(14)22-11-9-19-8-10-21-12-15(19)13-4-3-6-16(13)20/h1-2,5,7,13,15-16,20H,3-4,6,8-12H2/t13-,15-,16-/m1/s1. The number of hydrogen-bond acceptors (Lipinski definition) is 4. The maximum Gasteiger partial charge on any atom is 0.137 e. The molecule has 0 bridgehead atoms. The van der Waals surface area contributed by atoms with Crippen LogP contribution in [0.3, 0.4) is 0 Å². The lowest BCUT2D eigenvalue weighted by Crippen LogP contribution is -2.52. The Kier molecular flexibility index (Phi) is 5.58. The van der Waals surface area contributed by atoms with Crippen molar-refractivity contribution in [1.29, 1.82) is 0 Å². The van der Waals surface area contributed by atoms with Crippen LogP contribution in [0.15, 0.2) is 24.3 Å². The first-order chi connectivity index (χ1) is 10.8. The quantitative estimate of drug-likeness (QED) is 0.903. The lowest BCUT2D eigenvalue weighted by molar-refractivity contribution is -0.0532. The Morgan fingerprint density at radius 2 is 2.18 bits per heavy atom. The summed E-state index contributed by atoms with van der Waals surface area (Å²) in [6.07, 6.45) is 2.95. The molecule has 1 heterocycles. The van der Waals surface area contributed by atoms with Gasteiger partial charge < -0.3 is 14.6 Å². The Bertz CT molecular complexity index is 485. The van der Waals surface area contributed by atoms with Gasteiger partial charge in [0.25, 0.3) is 0 Å². The van der Waals surface area contributed by atoms with Gasteiger partial charge in [-0.3, -0.25) is 4.90 Å². The number of aliphatic hydroxyl groups is 1. The van der Waals surface area contributed by atoms with Crippen molar-refractivity contribution in [2.24, 2.45) is 5.92 Å². The van der Waals surface area contributed by atoms with Gasteiger partial charge in [-0.2, -0.15) is 0 Å². The van der Waals surface area contributed by atoms with Gasteiger partial charge in [0.1, 0.15) is 12.4 Å². The molecule has 1 aliphatic heterocycles. The Morgan fingerprint density at radius 1 is 1.32 bits per heavy atom. The highest BCUT2D eigenvalue weighted by Gasteiger charge is 2.37. The minimum Gasteiger partial charge on any atom is -0.491 e. The van der Waals surface area contributed by atoms with Gasteiger partial charge in [-0.1, -0.05) is 30.2 Å². The number of nitrogens with zero attached hydrogens (tertiary/aromatic N) is 1. The molecule has 1 aromatic carbocycles. The van der Waals surface area contributed by atoms with Gasteiger partial charge in [0, 0.05) is 25.0 Å². The molecular weight excluding hydrogens is 302 g/mol. The predicted molar refractivity (Wildman–Crippen MR) is 86.5 cm³/mol. The molecule has 0 unspecified atom stereocenters. The fraction of sp³-hybridized carbons (Fsp3) is 0.647. The zero-order valence-corrected chi connectivity index (χ0v) is 13.5. The molecule has 0 aromatic heterocycles. The highest BCUT2D eigenvalue weighted by molar-refractivity contribution is 6.32. The number of ether oxygens (including phenoxy) is 2. The van der Waals surface area contributed by atoms with E-state index in [4.69, 9.17) is 21.1 Å². The van der Waals surface area contributed by atoms with Crippen LogP contribution in [0.5, 0.6) is 5.75 Å². The van der Waals surface area contributed by atoms with Crippen LogP contribution < -0.4 is 4.74 Å². The molecule has 122 valence electrons. The molecule has 5 heteroatoms. The molecule has 0 amide bonds. The van der Waals surface area contributed by atoms with Crippen molar-refractivity contribution in [2.75, 3.05) is 32.9 Å². The van der Waals surface area contributed by atoms with Gasteiger partial charge >= 0.3 is 0 Å². The Morgan fingerprint density at radius 3 is 2.95 bits per heavy atom. The van der Waals surface area contributed by atoms with Crippen LogP contribution >= 0.6 is 11.6 Å². The third-order valence-electron chi connectivity index (χ3n) is 4.78. The average molecular weight is 326 g/mol. The van der Waals surface area contributed by atoms with Crippen LogP contribution in [0.25, 0.3) is 0 Å². The van der Waals surface area contributed by atoms with E-state index >= 15 is 0 Å². The summed E-state index contributed by atoms with van der Waals surface area (Å²) in [5.74, 6) is 1.07. The van der Waals surface area contributed by atoms with E-state index in [1.807, 2.05) is 24.3 Å². The third-order valence-corrected chi connectivity index (χ3v) is 5.09. The second-order valence-corrected chi connectivity index (χ2v) is 6.53. The van der Waals surface area contributed by atoms with E-state index in [1.54, 1.807) is 0 Å². The lowest BCUT2D eigenvalue weighted by atomic mass is 9.94. The minimum absolute atomic E-state index is 0.182. The molecule has 3 rings (SSSR count). The van der Waals surface area contributed by atoms with E-state index in [2.05, 4.69) is 4.90 Å². The van der Waals surface area contributed by atoms with Crippen molar-refractivity contribution >= 4 is 11.6 Å². The van der Waals surface area contributed by atoms with Crippen LogP contribution in [-0.4, -0.2) is 55.1 Å². The molecule has 2 aliphatic rings. The molecule has 0 radical (unpaired) electrons. The minimum atomic E-state index is -0.182. The van der Waals surface area contributed by atoms with E-state index in [9.17, 15) is 5.11 Å². The van der Waals surface area contributed by atoms with Gasteiger partial charge in [0.05, 0.1) is 24.3 Å². The van der Waals surface area contributed by atoms with Gasteiger partial charge in [0.15, 0.2) is 0 Å². The van der Waals surface area contributed by atoms with Crippen molar-refractivity contribution in [3.05, 3.63) is 29.3 Å². The smallest absolute Gasteiger partial charge is 0.137 e. The number of morpholine rings is 1. The van der Waals surface area contributed by atoms with Crippen LogP contribution in [0.1, 0.15) is 19.3 Å². The summed E-state index contributed by atoms with van der Waals surface area (Å²) in [5, 5.41) is 10.8. The summed E-state index contributed by atoms with van der Waals surface area (Å²) in [4.78, 5) is 2.40. The SMILES string of the molecule is O[C@@H]1CCC[C@@H]1[C@H]1COCCN1CCOc1ccccc1Cl. The molecule has 1 aromatic rings. The van der Waals surface area contributed by atoms with Crippen LogP contribution in [0, 0.1) is 5.92 Å². The Hall–Kier alpha value is -0.810. The van der Waals surface area contributed by atoms with E-state index in [0.29, 0.717) is 30.2 Å². The second-order valence-electron chi connectivity index (χ2n) is 6.12. The van der Waals surface area contributed by atoms with Crippen molar-refractivity contribution in [1.82, 2.24) is 4.90 Å². The summed E-state index contributed by atoms with van der Waals surface area (Å²) in [6.45, 7) is 3.81. The molecule has 2 fully saturated rings. The van der Waals surface area contributed by atoms with Crippen molar-refractivity contribution in [2.45, 2.75) is 31.4 Å². The van der Waals surface area contributed by atoms with E-state index in [1.165, 1.54) is 0 Å². The summed E-state index contributed by atoms with van der Waals surface area (Å²) >= 11 is 6.11. The van der Waals surface area contributed by atoms with Crippen molar-refractivity contribution < 1.29 is 14.6 Å². The van der Waals surface area contributed by atoms with Crippen molar-refractivity contribution in [3.63, 3.8) is 0 Å². The number of rotatable bonds is 5. The zero-order valence-electron chi connectivity index (χ0n) is 12.8. The van der Waals surface area contributed by atoms with E-state index in [0.717, 1.165) is 44.7 Å². The number of halogens is 1. The van der Waals surface area contributed by atoms with Crippen LogP contribution in [0.2, 0.25) is 5.02 Å². The second kappa shape index (κ2) is 7.64. The Balaban J connectivity index is 1.54. The Labute approximate surface area is 137 Å². The predicted octanol–water partition coefficient (Wildman–Crippen LogP) is 2.58. The summed E-state index contributed by atoms with van der Waals surface area (Å²) < 4.78 is 11.4. The fourth-order valence-electron chi connectivity index (χ4n) is 3.58. The molecule has 4 nitrogen and oxygen atoms in total. The highest BCUT2D eigenvalue weighted by Crippen LogP contribution is 2.32. The van der Waals surface area contributed by atoms with Gasteiger partial charge in [0.2, 0.25) is 0 Å². The summed E-state index contributed by atoms with van der Waals surface area (Å²) in [7, 11) is 0. The van der Waals surface area contributed by atoms with Crippen LogP contribution in [-0.2, 0) is 4.74 Å². The van der Waals surface area contributed by atoms with Gasteiger partial charge in [-0.05, 0) is 25.0 Å². The average Bonchev–Trinajstić information content (AvgIpc) is 2.96. The molecule has 0 spiro atoms. The maximum atomic E-state index is 10.2. The molecular formula is C17H24ClNO3. The number of aliphatic hydroxyl groups excluding tert-OH is 1. The molecule has 3 atom stereocenters. The summed E-state index contributed by atoms with van der Waals surface area (Å²) in [5.41, 5.74) is 0. The first kappa shape index (κ1) is 16.1. The van der Waals surface area contributed by atoms with Gasteiger partial charge in [-0.15, -0.1) is 0 Å². The number of para-hydroxylation sites is 1. The lowest BCUT2D eigenvalue weighted by Gasteiger charge is -2.40. The van der Waals surface area contributed by atoms with E-state index < -0.39 is 0 Å².